The van der Waals surface area contributed by atoms with E-state index in [9.17, 15) is 4.79 Å². The van der Waals surface area contributed by atoms with E-state index in [1.165, 1.54) is 11.1 Å². The van der Waals surface area contributed by atoms with Gasteiger partial charge in [-0.15, -0.1) is 0 Å². The van der Waals surface area contributed by atoms with E-state index >= 15 is 0 Å². The summed E-state index contributed by atoms with van der Waals surface area (Å²) in [4.78, 5) is 18.1. The molecule has 1 unspecified atom stereocenters. The number of likely N-dealkylation sites (tertiary alicyclic amines) is 1. The van der Waals surface area contributed by atoms with Gasteiger partial charge in [-0.1, -0.05) is 54.9 Å². The van der Waals surface area contributed by atoms with E-state index in [0.29, 0.717) is 13.0 Å². The van der Waals surface area contributed by atoms with Crippen LogP contribution in [0.1, 0.15) is 25.3 Å². The van der Waals surface area contributed by atoms with Crippen molar-refractivity contribution in [1.82, 2.24) is 15.5 Å². The number of carbonyl (C=O) groups excluding carboxylic acids is 1. The summed E-state index contributed by atoms with van der Waals surface area (Å²) < 4.78 is 0. The van der Waals surface area contributed by atoms with Gasteiger partial charge in [0.1, 0.15) is 0 Å². The standard InChI is InChI=1S/C22H27ClN4O/c1-3-21(28)27-13-12-19(15-27)26-22(24-2)25-14-17-6-4-5-7-20(17)16-8-10-18(23)11-9-16/h4-11,19H,3,12-15H2,1-2H3,(H2,24,25,26). The normalized spacial score (nSPS) is 16.9. The molecule has 0 radical (unpaired) electrons. The van der Waals surface area contributed by atoms with Crippen LogP contribution in [0.15, 0.2) is 53.5 Å². The molecule has 0 aliphatic carbocycles. The number of aliphatic imine (C=N–C) groups is 1. The van der Waals surface area contributed by atoms with Crippen LogP contribution in [-0.2, 0) is 11.3 Å². The Morgan fingerprint density at radius 3 is 2.68 bits per heavy atom. The summed E-state index contributed by atoms with van der Waals surface area (Å²) in [5.74, 6) is 0.964. The minimum Gasteiger partial charge on any atom is -0.352 e. The maximum absolute atomic E-state index is 11.9. The van der Waals surface area contributed by atoms with E-state index in [-0.39, 0.29) is 11.9 Å². The molecule has 28 heavy (non-hydrogen) atoms. The van der Waals surface area contributed by atoms with Gasteiger partial charge in [-0.3, -0.25) is 9.79 Å². The van der Waals surface area contributed by atoms with Crippen molar-refractivity contribution in [2.24, 2.45) is 4.99 Å². The fourth-order valence-electron chi connectivity index (χ4n) is 3.48. The van der Waals surface area contributed by atoms with Gasteiger partial charge in [0.2, 0.25) is 5.91 Å². The highest BCUT2D eigenvalue weighted by atomic mass is 35.5. The van der Waals surface area contributed by atoms with Crippen molar-refractivity contribution in [2.75, 3.05) is 20.1 Å². The number of nitrogens with one attached hydrogen (secondary N) is 2. The molecule has 1 fully saturated rings. The Labute approximate surface area is 171 Å². The van der Waals surface area contributed by atoms with E-state index in [4.69, 9.17) is 11.6 Å². The quantitative estimate of drug-likeness (QED) is 0.596. The second kappa shape index (κ2) is 9.60. The van der Waals surface area contributed by atoms with Gasteiger partial charge in [0.25, 0.3) is 0 Å². The first-order chi connectivity index (χ1) is 13.6. The Morgan fingerprint density at radius 2 is 1.96 bits per heavy atom. The number of halogens is 1. The second-order valence-corrected chi connectivity index (χ2v) is 7.35. The molecule has 2 N–H and O–H groups in total. The largest absolute Gasteiger partial charge is 0.352 e. The average molecular weight is 399 g/mol. The number of amides is 1. The first-order valence-electron chi connectivity index (χ1n) is 9.69. The zero-order chi connectivity index (χ0) is 19.9. The molecule has 1 atom stereocenters. The Bertz CT molecular complexity index is 835. The first kappa shape index (κ1) is 20.2. The molecule has 1 heterocycles. The molecule has 3 rings (SSSR count). The van der Waals surface area contributed by atoms with Crippen molar-refractivity contribution < 1.29 is 4.79 Å². The number of rotatable bonds is 5. The Balaban J connectivity index is 1.62. The van der Waals surface area contributed by atoms with Crippen LogP contribution in [0.3, 0.4) is 0 Å². The highest BCUT2D eigenvalue weighted by Crippen LogP contribution is 2.25. The lowest BCUT2D eigenvalue weighted by molar-refractivity contribution is -0.129. The average Bonchev–Trinajstić information content (AvgIpc) is 3.20. The fraction of sp³-hybridized carbons (Fsp3) is 0.364. The molecule has 1 saturated heterocycles. The van der Waals surface area contributed by atoms with Gasteiger partial charge in [0, 0.05) is 44.2 Å². The summed E-state index contributed by atoms with van der Waals surface area (Å²) in [7, 11) is 1.77. The van der Waals surface area contributed by atoms with Crippen molar-refractivity contribution in [2.45, 2.75) is 32.4 Å². The third-order valence-electron chi connectivity index (χ3n) is 5.03. The van der Waals surface area contributed by atoms with Gasteiger partial charge in [-0.2, -0.15) is 0 Å². The van der Waals surface area contributed by atoms with Crippen LogP contribution < -0.4 is 10.6 Å². The SMILES string of the molecule is CCC(=O)N1CCC(NC(=NC)NCc2ccccc2-c2ccc(Cl)cc2)C1. The van der Waals surface area contributed by atoms with E-state index in [1.807, 2.05) is 48.2 Å². The predicted octanol–water partition coefficient (Wildman–Crippen LogP) is 3.68. The predicted molar refractivity (Wildman–Crippen MR) is 115 cm³/mol. The number of hydrogen-bond donors (Lipinski definition) is 2. The lowest BCUT2D eigenvalue weighted by Crippen LogP contribution is -2.44. The molecule has 0 aromatic heterocycles. The molecule has 5 nitrogen and oxygen atoms in total. The van der Waals surface area contributed by atoms with Crippen LogP contribution in [-0.4, -0.2) is 42.9 Å². The van der Waals surface area contributed by atoms with Crippen LogP contribution in [0, 0.1) is 0 Å². The van der Waals surface area contributed by atoms with E-state index in [0.717, 1.165) is 36.1 Å². The molecule has 1 amide bonds. The molecule has 1 aliphatic heterocycles. The van der Waals surface area contributed by atoms with Gasteiger partial charge in [0.15, 0.2) is 5.96 Å². The number of nitrogens with zero attached hydrogens (tertiary/aromatic N) is 2. The molecule has 0 spiro atoms. The maximum atomic E-state index is 11.9. The van der Waals surface area contributed by atoms with Gasteiger partial charge in [0.05, 0.1) is 0 Å². The zero-order valence-electron chi connectivity index (χ0n) is 16.4. The molecule has 2 aromatic carbocycles. The molecule has 1 aliphatic rings. The maximum Gasteiger partial charge on any atom is 0.222 e. The van der Waals surface area contributed by atoms with E-state index in [2.05, 4.69) is 27.8 Å². The molecule has 0 bridgehead atoms. The summed E-state index contributed by atoms with van der Waals surface area (Å²) in [6, 6.07) is 16.4. The lowest BCUT2D eigenvalue weighted by Gasteiger charge is -2.19. The van der Waals surface area contributed by atoms with Crippen molar-refractivity contribution in [3.05, 3.63) is 59.1 Å². The van der Waals surface area contributed by atoms with E-state index in [1.54, 1.807) is 7.05 Å². The summed E-state index contributed by atoms with van der Waals surface area (Å²) in [5.41, 5.74) is 3.49. The van der Waals surface area contributed by atoms with Crippen molar-refractivity contribution in [1.29, 1.82) is 0 Å². The third-order valence-corrected chi connectivity index (χ3v) is 5.28. The number of hydrogen-bond acceptors (Lipinski definition) is 2. The summed E-state index contributed by atoms with van der Waals surface area (Å²) in [6.45, 7) is 4.10. The number of guanidine groups is 1. The third kappa shape index (κ3) is 5.04. The Kier molecular flexibility index (Phi) is 6.93. The van der Waals surface area contributed by atoms with Gasteiger partial charge < -0.3 is 15.5 Å². The van der Waals surface area contributed by atoms with Crippen LogP contribution in [0.2, 0.25) is 5.02 Å². The molecule has 6 heteroatoms. The van der Waals surface area contributed by atoms with Gasteiger partial charge >= 0.3 is 0 Å². The zero-order valence-corrected chi connectivity index (χ0v) is 17.2. The summed E-state index contributed by atoms with van der Waals surface area (Å²) in [5, 5.41) is 7.57. The highest BCUT2D eigenvalue weighted by molar-refractivity contribution is 6.30. The Hall–Kier alpha value is -2.53. The molecule has 2 aromatic rings. The lowest BCUT2D eigenvalue weighted by atomic mass is 10.00. The van der Waals surface area contributed by atoms with Crippen molar-refractivity contribution >= 4 is 23.5 Å². The first-order valence-corrected chi connectivity index (χ1v) is 10.1. The van der Waals surface area contributed by atoms with Crippen molar-refractivity contribution in [3.63, 3.8) is 0 Å². The van der Waals surface area contributed by atoms with Gasteiger partial charge in [-0.25, -0.2) is 0 Å². The fourth-order valence-corrected chi connectivity index (χ4v) is 3.61. The number of benzene rings is 2. The number of carbonyl (C=O) groups is 1. The summed E-state index contributed by atoms with van der Waals surface area (Å²) in [6.07, 6.45) is 1.50. The molecule has 0 saturated carbocycles. The molecular formula is C22H27ClN4O. The second-order valence-electron chi connectivity index (χ2n) is 6.91. The van der Waals surface area contributed by atoms with Gasteiger partial charge in [-0.05, 0) is 35.2 Å². The summed E-state index contributed by atoms with van der Waals surface area (Å²) >= 11 is 6.02. The minimum absolute atomic E-state index is 0.212. The molecule has 148 valence electrons. The Morgan fingerprint density at radius 1 is 1.21 bits per heavy atom. The van der Waals surface area contributed by atoms with Crippen LogP contribution in [0.4, 0.5) is 0 Å². The highest BCUT2D eigenvalue weighted by Gasteiger charge is 2.25. The van der Waals surface area contributed by atoms with Crippen molar-refractivity contribution in [3.8, 4) is 11.1 Å². The monoisotopic (exact) mass is 398 g/mol. The topological polar surface area (TPSA) is 56.7 Å². The molecular weight excluding hydrogens is 372 g/mol. The van der Waals surface area contributed by atoms with E-state index < -0.39 is 0 Å². The van der Waals surface area contributed by atoms with Crippen LogP contribution in [0.25, 0.3) is 11.1 Å². The van der Waals surface area contributed by atoms with Crippen LogP contribution in [0.5, 0.6) is 0 Å². The van der Waals surface area contributed by atoms with Crippen LogP contribution >= 0.6 is 11.6 Å². The minimum atomic E-state index is 0.212. The smallest absolute Gasteiger partial charge is 0.222 e.